The van der Waals surface area contributed by atoms with Crippen molar-refractivity contribution in [1.82, 2.24) is 5.32 Å². The highest BCUT2D eigenvalue weighted by Gasteiger charge is 2.20. The van der Waals surface area contributed by atoms with Gasteiger partial charge in [0.1, 0.15) is 9.96 Å². The van der Waals surface area contributed by atoms with Gasteiger partial charge in [0.05, 0.1) is 12.2 Å². The number of carbonyl (C=O) groups is 1. The zero-order chi connectivity index (χ0) is 20.1. The number of para-hydroxylation sites is 1. The molecule has 0 spiro atoms. The van der Waals surface area contributed by atoms with Crippen molar-refractivity contribution < 1.29 is 17.9 Å². The molecule has 1 amide bonds. The Morgan fingerprint density at radius 3 is 2.57 bits per heavy atom. The highest BCUT2D eigenvalue weighted by atomic mass is 35.5. The number of hydrogen-bond donors (Lipinski definition) is 2. The number of carbonyl (C=O) groups excluding carboxylic acids is 1. The van der Waals surface area contributed by atoms with Gasteiger partial charge < -0.3 is 10.1 Å². The summed E-state index contributed by atoms with van der Waals surface area (Å²) in [5, 5.41) is 3.01. The first-order chi connectivity index (χ1) is 13.3. The van der Waals surface area contributed by atoms with Crippen LogP contribution in [0.3, 0.4) is 0 Å². The Morgan fingerprint density at radius 1 is 1.11 bits per heavy atom. The average molecular weight is 437 g/mol. The number of rotatable bonds is 7. The molecule has 0 aliphatic heterocycles. The van der Waals surface area contributed by atoms with Gasteiger partial charge in [-0.1, -0.05) is 29.8 Å². The lowest BCUT2D eigenvalue weighted by Crippen LogP contribution is -2.18. The number of thiophene rings is 1. The molecule has 9 heteroatoms. The second kappa shape index (κ2) is 8.64. The summed E-state index contributed by atoms with van der Waals surface area (Å²) in [7, 11) is -3.85. The maximum atomic E-state index is 12.8. The van der Waals surface area contributed by atoms with Gasteiger partial charge in [-0.15, -0.1) is 11.3 Å². The van der Waals surface area contributed by atoms with Crippen LogP contribution in [-0.2, 0) is 21.4 Å². The van der Waals surface area contributed by atoms with Crippen LogP contribution in [0.4, 0.5) is 5.69 Å². The van der Waals surface area contributed by atoms with E-state index in [0.717, 1.165) is 16.2 Å². The molecule has 0 saturated carbocycles. The largest absolute Gasteiger partial charge is 0.455 e. The standard InChI is InChI=1S/C19H17ClN2O4S2/c1-13(23)21-12-16-8-10-19(27-16)28(24,25)22-17-11-14(20)7-9-18(17)26-15-5-3-2-4-6-15/h2-11,22H,12H2,1H3,(H,21,23). The van der Waals surface area contributed by atoms with E-state index in [2.05, 4.69) is 10.0 Å². The molecule has 146 valence electrons. The predicted octanol–water partition coefficient (Wildman–Crippen LogP) is 4.63. The molecule has 2 aromatic carbocycles. The van der Waals surface area contributed by atoms with Crippen LogP contribution in [0.5, 0.6) is 11.5 Å². The number of anilines is 1. The van der Waals surface area contributed by atoms with Crippen molar-refractivity contribution >= 4 is 44.6 Å². The van der Waals surface area contributed by atoms with Gasteiger partial charge in [0.25, 0.3) is 10.0 Å². The fraction of sp³-hybridized carbons (Fsp3) is 0.105. The minimum atomic E-state index is -3.85. The molecule has 0 unspecified atom stereocenters. The monoisotopic (exact) mass is 436 g/mol. The summed E-state index contributed by atoms with van der Waals surface area (Å²) in [6.45, 7) is 1.68. The first kappa shape index (κ1) is 20.2. The lowest BCUT2D eigenvalue weighted by atomic mass is 10.3. The van der Waals surface area contributed by atoms with Crippen LogP contribution in [0.15, 0.2) is 64.9 Å². The van der Waals surface area contributed by atoms with Gasteiger partial charge in [-0.2, -0.15) is 0 Å². The lowest BCUT2D eigenvalue weighted by molar-refractivity contribution is -0.119. The molecule has 0 aliphatic carbocycles. The predicted molar refractivity (Wildman–Crippen MR) is 111 cm³/mol. The van der Waals surface area contributed by atoms with Crippen molar-refractivity contribution in [3.05, 3.63) is 70.6 Å². The van der Waals surface area contributed by atoms with E-state index < -0.39 is 10.0 Å². The van der Waals surface area contributed by atoms with E-state index in [4.69, 9.17) is 16.3 Å². The summed E-state index contributed by atoms with van der Waals surface area (Å²) in [5.41, 5.74) is 0.230. The third-order valence-corrected chi connectivity index (χ3v) is 6.75. The van der Waals surface area contributed by atoms with Crippen molar-refractivity contribution in [2.24, 2.45) is 0 Å². The van der Waals surface area contributed by atoms with E-state index in [0.29, 0.717) is 16.5 Å². The molecule has 0 atom stereocenters. The molecule has 0 aliphatic rings. The van der Waals surface area contributed by atoms with Gasteiger partial charge >= 0.3 is 0 Å². The fourth-order valence-corrected chi connectivity index (χ4v) is 4.82. The van der Waals surface area contributed by atoms with E-state index in [1.807, 2.05) is 18.2 Å². The van der Waals surface area contributed by atoms with E-state index >= 15 is 0 Å². The number of sulfonamides is 1. The number of amides is 1. The molecular formula is C19H17ClN2O4S2. The average Bonchev–Trinajstić information content (AvgIpc) is 3.13. The molecule has 3 aromatic rings. The Labute approximate surface area is 172 Å². The first-order valence-corrected chi connectivity index (χ1v) is 10.9. The van der Waals surface area contributed by atoms with Gasteiger partial charge in [-0.3, -0.25) is 9.52 Å². The Balaban J connectivity index is 1.84. The van der Waals surface area contributed by atoms with Crippen molar-refractivity contribution in [2.45, 2.75) is 17.7 Å². The van der Waals surface area contributed by atoms with E-state index in [9.17, 15) is 13.2 Å². The minimum absolute atomic E-state index is 0.124. The summed E-state index contributed by atoms with van der Waals surface area (Å²) in [4.78, 5) is 11.7. The third-order valence-electron chi connectivity index (χ3n) is 3.57. The Bertz CT molecular complexity index is 1080. The maximum Gasteiger partial charge on any atom is 0.271 e. The summed E-state index contributed by atoms with van der Waals surface area (Å²) in [6.07, 6.45) is 0. The lowest BCUT2D eigenvalue weighted by Gasteiger charge is -2.13. The second-order valence-corrected chi connectivity index (χ2v) is 9.31. The highest BCUT2D eigenvalue weighted by Crippen LogP contribution is 2.34. The highest BCUT2D eigenvalue weighted by molar-refractivity contribution is 7.94. The third kappa shape index (κ3) is 5.25. The summed E-state index contributed by atoms with van der Waals surface area (Å²) in [5.74, 6) is 0.714. The quantitative estimate of drug-likeness (QED) is 0.565. The molecule has 0 bridgehead atoms. The molecule has 2 N–H and O–H groups in total. The van der Waals surface area contributed by atoms with Crippen LogP contribution in [0, 0.1) is 0 Å². The van der Waals surface area contributed by atoms with Crippen LogP contribution in [-0.4, -0.2) is 14.3 Å². The van der Waals surface area contributed by atoms with Gasteiger partial charge in [0.15, 0.2) is 5.75 Å². The summed E-state index contributed by atoms with van der Waals surface area (Å²) >= 11 is 7.12. The van der Waals surface area contributed by atoms with Gasteiger partial charge in [-0.25, -0.2) is 8.42 Å². The second-order valence-electron chi connectivity index (χ2n) is 5.79. The van der Waals surface area contributed by atoms with Crippen LogP contribution >= 0.6 is 22.9 Å². The Kier molecular flexibility index (Phi) is 6.23. The summed E-state index contributed by atoms with van der Waals surface area (Å²) in [6, 6.07) is 16.9. The van der Waals surface area contributed by atoms with Crippen molar-refractivity contribution in [1.29, 1.82) is 0 Å². The number of hydrogen-bond acceptors (Lipinski definition) is 5. The van der Waals surface area contributed by atoms with Crippen molar-refractivity contribution in [3.63, 3.8) is 0 Å². The van der Waals surface area contributed by atoms with Crippen LogP contribution in [0.1, 0.15) is 11.8 Å². The van der Waals surface area contributed by atoms with Crippen LogP contribution in [0.2, 0.25) is 5.02 Å². The van der Waals surface area contributed by atoms with E-state index in [1.165, 1.54) is 19.1 Å². The van der Waals surface area contributed by atoms with Crippen molar-refractivity contribution in [2.75, 3.05) is 4.72 Å². The molecule has 0 radical (unpaired) electrons. The van der Waals surface area contributed by atoms with E-state index in [1.54, 1.807) is 30.3 Å². The Hall–Kier alpha value is -2.55. The minimum Gasteiger partial charge on any atom is -0.455 e. The number of benzene rings is 2. The molecule has 6 nitrogen and oxygen atoms in total. The number of halogens is 1. The molecule has 1 aromatic heterocycles. The molecule has 0 fully saturated rings. The van der Waals surface area contributed by atoms with Gasteiger partial charge in [0, 0.05) is 16.8 Å². The van der Waals surface area contributed by atoms with Crippen LogP contribution < -0.4 is 14.8 Å². The van der Waals surface area contributed by atoms with Gasteiger partial charge in [-0.05, 0) is 42.5 Å². The smallest absolute Gasteiger partial charge is 0.271 e. The Morgan fingerprint density at radius 2 is 1.86 bits per heavy atom. The van der Waals surface area contributed by atoms with E-state index in [-0.39, 0.29) is 22.3 Å². The zero-order valence-electron chi connectivity index (χ0n) is 14.8. The topological polar surface area (TPSA) is 84.5 Å². The first-order valence-electron chi connectivity index (χ1n) is 8.22. The normalized spacial score (nSPS) is 11.1. The molecule has 1 heterocycles. The molecular weight excluding hydrogens is 420 g/mol. The van der Waals surface area contributed by atoms with Crippen molar-refractivity contribution in [3.8, 4) is 11.5 Å². The molecule has 28 heavy (non-hydrogen) atoms. The summed E-state index contributed by atoms with van der Waals surface area (Å²) < 4.78 is 34.0. The number of ether oxygens (including phenoxy) is 1. The van der Waals surface area contributed by atoms with Crippen LogP contribution in [0.25, 0.3) is 0 Å². The SMILES string of the molecule is CC(=O)NCc1ccc(S(=O)(=O)Nc2cc(Cl)ccc2Oc2ccccc2)s1. The molecule has 0 saturated heterocycles. The fourth-order valence-electron chi connectivity index (χ4n) is 2.29. The van der Waals surface area contributed by atoms with Gasteiger partial charge in [0.2, 0.25) is 5.91 Å². The number of nitrogens with one attached hydrogen (secondary N) is 2. The molecule has 3 rings (SSSR count). The maximum absolute atomic E-state index is 12.8. The zero-order valence-corrected chi connectivity index (χ0v) is 17.2.